The van der Waals surface area contributed by atoms with Gasteiger partial charge in [-0.3, -0.25) is 9.78 Å². The summed E-state index contributed by atoms with van der Waals surface area (Å²) in [4.78, 5) is 17.9. The van der Waals surface area contributed by atoms with Gasteiger partial charge in [0, 0.05) is 25.3 Å². The van der Waals surface area contributed by atoms with E-state index in [-0.39, 0.29) is 11.9 Å². The summed E-state index contributed by atoms with van der Waals surface area (Å²) < 4.78 is 5.57. The number of amides is 1. The van der Waals surface area contributed by atoms with Gasteiger partial charge in [0.15, 0.2) is 6.10 Å². The molecule has 1 aliphatic heterocycles. The summed E-state index contributed by atoms with van der Waals surface area (Å²) in [6.07, 6.45) is 4.72. The highest BCUT2D eigenvalue weighted by Crippen LogP contribution is 2.13. The maximum absolute atomic E-state index is 12.2. The molecule has 0 saturated carbocycles. The van der Waals surface area contributed by atoms with Gasteiger partial charge in [-0.2, -0.15) is 0 Å². The van der Waals surface area contributed by atoms with Crippen molar-refractivity contribution >= 4 is 5.91 Å². The second-order valence-electron chi connectivity index (χ2n) is 4.64. The normalized spacial score (nSPS) is 21.4. The number of hydrogen-bond donors (Lipinski definition) is 1. The quantitative estimate of drug-likeness (QED) is 0.860. The molecule has 0 radical (unpaired) electrons. The van der Waals surface area contributed by atoms with Crippen molar-refractivity contribution in [1.82, 2.24) is 9.88 Å². The molecule has 5 heteroatoms. The van der Waals surface area contributed by atoms with Gasteiger partial charge < -0.3 is 15.4 Å². The Balaban J connectivity index is 1.92. The standard InChI is InChI=1S/C13H19N3O2/c1-10(18-12-5-2-6-15-8-12)13(17)16-7-3-4-11(14)9-16/h2,5-6,8,10-11H,3-4,7,9,14H2,1H3/t10-,11+/m1/s1. The fourth-order valence-corrected chi connectivity index (χ4v) is 2.14. The van der Waals surface area contributed by atoms with Crippen molar-refractivity contribution in [1.29, 1.82) is 0 Å². The van der Waals surface area contributed by atoms with E-state index >= 15 is 0 Å². The van der Waals surface area contributed by atoms with Crippen molar-refractivity contribution in [2.45, 2.75) is 31.9 Å². The Morgan fingerprint density at radius 2 is 2.50 bits per heavy atom. The van der Waals surface area contributed by atoms with Gasteiger partial charge in [0.25, 0.3) is 5.91 Å². The van der Waals surface area contributed by atoms with Crippen LogP contribution in [-0.2, 0) is 4.79 Å². The SMILES string of the molecule is C[C@@H](Oc1cccnc1)C(=O)N1CCC[C@H](N)C1. The summed E-state index contributed by atoms with van der Waals surface area (Å²) in [5.41, 5.74) is 5.87. The Kier molecular flexibility index (Phi) is 4.15. The monoisotopic (exact) mass is 249 g/mol. The molecular formula is C13H19N3O2. The highest BCUT2D eigenvalue weighted by Gasteiger charge is 2.26. The molecule has 2 rings (SSSR count). The van der Waals surface area contributed by atoms with Crippen LogP contribution in [0.5, 0.6) is 5.75 Å². The van der Waals surface area contributed by atoms with Gasteiger partial charge in [0.05, 0.1) is 6.20 Å². The first-order chi connectivity index (χ1) is 8.66. The Morgan fingerprint density at radius 3 is 3.17 bits per heavy atom. The highest BCUT2D eigenvalue weighted by molar-refractivity contribution is 5.81. The van der Waals surface area contributed by atoms with E-state index in [1.807, 2.05) is 0 Å². The average Bonchev–Trinajstić information content (AvgIpc) is 2.39. The third kappa shape index (κ3) is 3.20. The van der Waals surface area contributed by atoms with E-state index in [2.05, 4.69) is 4.98 Å². The van der Waals surface area contributed by atoms with Crippen LogP contribution in [0.2, 0.25) is 0 Å². The van der Waals surface area contributed by atoms with E-state index < -0.39 is 6.10 Å². The topological polar surface area (TPSA) is 68.5 Å². The van der Waals surface area contributed by atoms with Crippen molar-refractivity contribution in [3.05, 3.63) is 24.5 Å². The number of piperidine rings is 1. The molecule has 2 atom stereocenters. The number of pyridine rings is 1. The van der Waals surface area contributed by atoms with Crippen molar-refractivity contribution in [3.8, 4) is 5.75 Å². The first kappa shape index (κ1) is 12.8. The van der Waals surface area contributed by atoms with Crippen LogP contribution in [0.3, 0.4) is 0 Å². The molecule has 0 bridgehead atoms. The molecule has 1 fully saturated rings. The van der Waals surface area contributed by atoms with E-state index in [1.54, 1.807) is 36.4 Å². The van der Waals surface area contributed by atoms with E-state index in [1.165, 1.54) is 0 Å². The molecule has 1 aliphatic rings. The highest BCUT2D eigenvalue weighted by atomic mass is 16.5. The number of nitrogens with two attached hydrogens (primary N) is 1. The Hall–Kier alpha value is -1.62. The molecule has 1 saturated heterocycles. The summed E-state index contributed by atoms with van der Waals surface area (Å²) in [5.74, 6) is 0.605. The van der Waals surface area contributed by atoms with Crippen LogP contribution in [-0.4, -0.2) is 41.0 Å². The molecular weight excluding hydrogens is 230 g/mol. The number of likely N-dealkylation sites (tertiary alicyclic amines) is 1. The molecule has 0 aromatic carbocycles. The fourth-order valence-electron chi connectivity index (χ4n) is 2.14. The first-order valence-electron chi connectivity index (χ1n) is 6.28. The van der Waals surface area contributed by atoms with Gasteiger partial charge in [-0.25, -0.2) is 0 Å². The summed E-state index contributed by atoms with van der Waals surface area (Å²) >= 11 is 0. The number of hydrogen-bond acceptors (Lipinski definition) is 4. The number of nitrogens with zero attached hydrogens (tertiary/aromatic N) is 2. The average molecular weight is 249 g/mol. The van der Waals surface area contributed by atoms with Crippen molar-refractivity contribution in [2.75, 3.05) is 13.1 Å². The van der Waals surface area contributed by atoms with Crippen molar-refractivity contribution in [2.24, 2.45) is 5.73 Å². The second-order valence-corrected chi connectivity index (χ2v) is 4.64. The van der Waals surface area contributed by atoms with Crippen molar-refractivity contribution < 1.29 is 9.53 Å². The van der Waals surface area contributed by atoms with Crippen LogP contribution in [0.1, 0.15) is 19.8 Å². The van der Waals surface area contributed by atoms with Crippen LogP contribution in [0.15, 0.2) is 24.5 Å². The lowest BCUT2D eigenvalue weighted by Crippen LogP contribution is -2.49. The molecule has 98 valence electrons. The van der Waals surface area contributed by atoms with Crippen LogP contribution >= 0.6 is 0 Å². The lowest BCUT2D eigenvalue weighted by Gasteiger charge is -2.32. The van der Waals surface area contributed by atoms with Gasteiger partial charge in [-0.05, 0) is 31.9 Å². The van der Waals surface area contributed by atoms with E-state index in [4.69, 9.17) is 10.5 Å². The van der Waals surface area contributed by atoms with Crippen LogP contribution in [0.4, 0.5) is 0 Å². The molecule has 2 N–H and O–H groups in total. The number of ether oxygens (including phenoxy) is 1. The predicted octanol–water partition coefficient (Wildman–Crippen LogP) is 0.799. The largest absolute Gasteiger partial charge is 0.479 e. The Morgan fingerprint density at radius 1 is 1.67 bits per heavy atom. The van der Waals surface area contributed by atoms with Gasteiger partial charge in [0.2, 0.25) is 0 Å². The summed E-state index contributed by atoms with van der Waals surface area (Å²) in [7, 11) is 0. The molecule has 5 nitrogen and oxygen atoms in total. The predicted molar refractivity (Wildman–Crippen MR) is 68.1 cm³/mol. The minimum atomic E-state index is -0.500. The summed E-state index contributed by atoms with van der Waals surface area (Å²) in [6, 6.07) is 3.66. The van der Waals surface area contributed by atoms with E-state index in [9.17, 15) is 4.79 Å². The third-order valence-electron chi connectivity index (χ3n) is 3.06. The molecule has 0 aliphatic carbocycles. The molecule has 0 unspecified atom stereocenters. The molecule has 2 heterocycles. The zero-order valence-corrected chi connectivity index (χ0v) is 10.6. The molecule has 0 spiro atoms. The van der Waals surface area contributed by atoms with Crippen LogP contribution < -0.4 is 10.5 Å². The number of aromatic nitrogens is 1. The smallest absolute Gasteiger partial charge is 0.263 e. The maximum Gasteiger partial charge on any atom is 0.263 e. The summed E-state index contributed by atoms with van der Waals surface area (Å²) in [5, 5.41) is 0. The zero-order valence-electron chi connectivity index (χ0n) is 10.6. The van der Waals surface area contributed by atoms with Crippen LogP contribution in [0, 0.1) is 0 Å². The van der Waals surface area contributed by atoms with Crippen LogP contribution in [0.25, 0.3) is 0 Å². The third-order valence-corrected chi connectivity index (χ3v) is 3.06. The molecule has 1 aromatic heterocycles. The lowest BCUT2D eigenvalue weighted by atomic mass is 10.1. The van der Waals surface area contributed by atoms with Gasteiger partial charge in [0.1, 0.15) is 5.75 Å². The number of carbonyl (C=O) groups excluding carboxylic acids is 1. The molecule has 1 amide bonds. The Labute approximate surface area is 107 Å². The minimum absolute atomic E-state index is 0.00555. The van der Waals surface area contributed by atoms with E-state index in [0.717, 1.165) is 19.4 Å². The van der Waals surface area contributed by atoms with Crippen molar-refractivity contribution in [3.63, 3.8) is 0 Å². The van der Waals surface area contributed by atoms with Gasteiger partial charge in [-0.1, -0.05) is 0 Å². The fraction of sp³-hybridized carbons (Fsp3) is 0.538. The van der Waals surface area contributed by atoms with E-state index in [0.29, 0.717) is 12.3 Å². The number of rotatable bonds is 3. The lowest BCUT2D eigenvalue weighted by molar-refractivity contribution is -0.139. The summed E-state index contributed by atoms with van der Waals surface area (Å²) in [6.45, 7) is 3.16. The zero-order chi connectivity index (χ0) is 13.0. The number of carbonyl (C=O) groups is 1. The minimum Gasteiger partial charge on any atom is -0.479 e. The first-order valence-corrected chi connectivity index (χ1v) is 6.28. The van der Waals surface area contributed by atoms with Gasteiger partial charge in [-0.15, -0.1) is 0 Å². The second kappa shape index (κ2) is 5.82. The molecule has 1 aromatic rings. The van der Waals surface area contributed by atoms with Gasteiger partial charge >= 0.3 is 0 Å². The molecule has 18 heavy (non-hydrogen) atoms. The maximum atomic E-state index is 12.2. The Bertz CT molecular complexity index is 396.